The summed E-state index contributed by atoms with van der Waals surface area (Å²) in [7, 11) is 0. The number of rotatable bonds is 4. The molecule has 110 valence electrons. The monoisotopic (exact) mass is 302 g/mol. The molecule has 0 bridgehead atoms. The number of hydrogen-bond donors (Lipinski definition) is 0. The van der Waals surface area contributed by atoms with Gasteiger partial charge in [-0.2, -0.15) is 0 Å². The molecular weight excluding hydrogens is 284 g/mol. The summed E-state index contributed by atoms with van der Waals surface area (Å²) in [6.45, 7) is 5.21. The van der Waals surface area contributed by atoms with Gasteiger partial charge < -0.3 is 4.90 Å². The van der Waals surface area contributed by atoms with Crippen molar-refractivity contribution in [2.45, 2.75) is 26.7 Å². The third-order valence-electron chi connectivity index (χ3n) is 3.57. The Morgan fingerprint density at radius 3 is 3.00 bits per heavy atom. The second-order valence-electron chi connectivity index (χ2n) is 5.04. The summed E-state index contributed by atoms with van der Waals surface area (Å²) in [4.78, 5) is 19.5. The highest BCUT2D eigenvalue weighted by atomic mass is 32.1. The number of amides is 1. The molecule has 0 saturated carbocycles. The van der Waals surface area contributed by atoms with Crippen LogP contribution in [-0.4, -0.2) is 38.5 Å². The molecule has 2 aromatic heterocycles. The van der Waals surface area contributed by atoms with Crippen molar-refractivity contribution in [3.05, 3.63) is 40.8 Å². The van der Waals surface area contributed by atoms with E-state index in [1.54, 1.807) is 10.7 Å². The minimum Gasteiger partial charge on any atom is -0.332 e. The van der Waals surface area contributed by atoms with E-state index in [2.05, 4.69) is 28.3 Å². The minimum absolute atomic E-state index is 0.00882. The lowest BCUT2D eigenvalue weighted by atomic mass is 10.1. The molecule has 0 spiro atoms. The van der Waals surface area contributed by atoms with Crippen LogP contribution in [0.4, 0.5) is 0 Å². The van der Waals surface area contributed by atoms with Gasteiger partial charge in [-0.15, -0.1) is 5.10 Å². The maximum atomic E-state index is 12.6. The first-order valence-corrected chi connectivity index (χ1v) is 7.96. The van der Waals surface area contributed by atoms with Crippen molar-refractivity contribution in [2.75, 3.05) is 13.1 Å². The van der Waals surface area contributed by atoms with Crippen LogP contribution in [-0.2, 0) is 0 Å². The summed E-state index contributed by atoms with van der Waals surface area (Å²) in [6, 6.07) is 0. The van der Waals surface area contributed by atoms with E-state index in [9.17, 15) is 4.79 Å². The highest BCUT2D eigenvalue weighted by Gasteiger charge is 2.20. The number of aromatic nitrogens is 3. The van der Waals surface area contributed by atoms with E-state index in [0.29, 0.717) is 18.1 Å². The van der Waals surface area contributed by atoms with Gasteiger partial charge in [-0.05, 0) is 32.3 Å². The zero-order valence-electron chi connectivity index (χ0n) is 12.2. The maximum Gasteiger partial charge on any atom is 0.285 e. The number of allylic oxidation sites excluding steroid dienone is 2. The van der Waals surface area contributed by atoms with Crippen LogP contribution in [0.25, 0.3) is 4.83 Å². The number of fused-ring (bicyclic) bond motifs is 1. The fourth-order valence-electron chi connectivity index (χ4n) is 2.37. The summed E-state index contributed by atoms with van der Waals surface area (Å²) in [5, 5.41) is 4.90. The molecule has 0 aromatic carbocycles. The summed E-state index contributed by atoms with van der Waals surface area (Å²) >= 11 is 1.39. The van der Waals surface area contributed by atoms with Gasteiger partial charge in [0.05, 0.1) is 6.20 Å². The Labute approximate surface area is 127 Å². The Morgan fingerprint density at radius 2 is 2.33 bits per heavy atom. The molecule has 1 aliphatic carbocycles. The van der Waals surface area contributed by atoms with Crippen LogP contribution in [0.1, 0.15) is 35.4 Å². The van der Waals surface area contributed by atoms with Gasteiger partial charge >= 0.3 is 0 Å². The molecule has 1 aliphatic rings. The first-order chi connectivity index (χ1) is 10.2. The van der Waals surface area contributed by atoms with Crippen LogP contribution >= 0.6 is 11.3 Å². The number of nitrogens with zero attached hydrogens (tertiary/aromatic N) is 4. The van der Waals surface area contributed by atoms with E-state index in [1.807, 2.05) is 18.7 Å². The van der Waals surface area contributed by atoms with E-state index in [1.165, 1.54) is 16.9 Å². The third-order valence-corrected chi connectivity index (χ3v) is 4.50. The number of aryl methyl sites for hydroxylation is 1. The standard InChI is InChI=1S/C15H18N4OS/c1-3-18(10-12-7-5-4-6-8-12)15(20)14-17-19-11(2)16-9-13(19)21-14/h5,7-9H,3-4,6,10H2,1-2H3. The van der Waals surface area contributed by atoms with Crippen molar-refractivity contribution in [1.29, 1.82) is 0 Å². The largest absolute Gasteiger partial charge is 0.332 e. The van der Waals surface area contributed by atoms with E-state index in [4.69, 9.17) is 0 Å². The lowest BCUT2D eigenvalue weighted by molar-refractivity contribution is 0.0777. The zero-order chi connectivity index (χ0) is 14.8. The van der Waals surface area contributed by atoms with Crippen LogP contribution in [0.2, 0.25) is 0 Å². The van der Waals surface area contributed by atoms with Gasteiger partial charge in [0.15, 0.2) is 0 Å². The molecule has 2 aromatic rings. The fraction of sp³-hybridized carbons (Fsp3) is 0.400. The molecule has 0 aliphatic heterocycles. The molecule has 0 unspecified atom stereocenters. The van der Waals surface area contributed by atoms with Gasteiger partial charge in [-0.3, -0.25) is 4.79 Å². The van der Waals surface area contributed by atoms with Crippen LogP contribution in [0.15, 0.2) is 30.0 Å². The molecule has 0 fully saturated rings. The highest BCUT2D eigenvalue weighted by Crippen LogP contribution is 2.19. The molecule has 6 heteroatoms. The Balaban J connectivity index is 1.80. The van der Waals surface area contributed by atoms with Crippen molar-refractivity contribution in [2.24, 2.45) is 0 Å². The average Bonchev–Trinajstić information content (AvgIpc) is 3.08. The van der Waals surface area contributed by atoms with Crippen molar-refractivity contribution in [3.8, 4) is 0 Å². The van der Waals surface area contributed by atoms with Gasteiger partial charge in [0.1, 0.15) is 10.7 Å². The lowest BCUT2D eigenvalue weighted by Gasteiger charge is -2.21. The number of hydrogen-bond acceptors (Lipinski definition) is 4. The van der Waals surface area contributed by atoms with E-state index in [-0.39, 0.29) is 5.91 Å². The summed E-state index contributed by atoms with van der Waals surface area (Å²) in [6.07, 6.45) is 10.4. The highest BCUT2D eigenvalue weighted by molar-refractivity contribution is 7.18. The molecule has 2 heterocycles. The molecule has 5 nitrogen and oxygen atoms in total. The van der Waals surface area contributed by atoms with Gasteiger partial charge in [0.25, 0.3) is 5.91 Å². The molecule has 21 heavy (non-hydrogen) atoms. The molecule has 0 N–H and O–H groups in total. The molecule has 3 rings (SSSR count). The third kappa shape index (κ3) is 2.76. The van der Waals surface area contributed by atoms with Gasteiger partial charge in [-0.1, -0.05) is 29.6 Å². The van der Waals surface area contributed by atoms with E-state index >= 15 is 0 Å². The van der Waals surface area contributed by atoms with Crippen LogP contribution in [0.3, 0.4) is 0 Å². The van der Waals surface area contributed by atoms with Crippen molar-refractivity contribution in [3.63, 3.8) is 0 Å². The predicted molar refractivity (Wildman–Crippen MR) is 83.6 cm³/mol. The Morgan fingerprint density at radius 1 is 1.48 bits per heavy atom. The van der Waals surface area contributed by atoms with Crippen LogP contribution in [0.5, 0.6) is 0 Å². The maximum absolute atomic E-state index is 12.6. The summed E-state index contributed by atoms with van der Waals surface area (Å²) in [5.41, 5.74) is 1.21. The number of imidazole rings is 1. The van der Waals surface area contributed by atoms with Crippen molar-refractivity contribution < 1.29 is 4.79 Å². The smallest absolute Gasteiger partial charge is 0.285 e. The predicted octanol–water partition coefficient (Wildman–Crippen LogP) is 2.84. The van der Waals surface area contributed by atoms with E-state index in [0.717, 1.165) is 23.5 Å². The molecule has 1 amide bonds. The van der Waals surface area contributed by atoms with Gasteiger partial charge in [0, 0.05) is 13.1 Å². The lowest BCUT2D eigenvalue weighted by Crippen LogP contribution is -2.32. The summed E-state index contributed by atoms with van der Waals surface area (Å²) in [5.74, 6) is 0.798. The number of carbonyl (C=O) groups excluding carboxylic acids is 1. The first kappa shape index (κ1) is 14.0. The fourth-order valence-corrected chi connectivity index (χ4v) is 3.28. The topological polar surface area (TPSA) is 50.5 Å². The van der Waals surface area contributed by atoms with Crippen molar-refractivity contribution in [1.82, 2.24) is 19.5 Å². The minimum atomic E-state index is -0.00882. The van der Waals surface area contributed by atoms with E-state index < -0.39 is 0 Å². The first-order valence-electron chi connectivity index (χ1n) is 7.15. The average molecular weight is 302 g/mol. The molecule has 0 radical (unpaired) electrons. The zero-order valence-corrected chi connectivity index (χ0v) is 13.1. The second-order valence-corrected chi connectivity index (χ2v) is 6.05. The Bertz CT molecular complexity index is 725. The molecular formula is C15H18N4OS. The second kappa shape index (κ2) is 5.81. The van der Waals surface area contributed by atoms with Crippen molar-refractivity contribution >= 4 is 22.1 Å². The quantitative estimate of drug-likeness (QED) is 0.872. The van der Waals surface area contributed by atoms with Crippen LogP contribution in [0, 0.1) is 6.92 Å². The normalized spacial score (nSPS) is 14.5. The number of carbonyl (C=O) groups is 1. The van der Waals surface area contributed by atoms with Gasteiger partial charge in [-0.25, -0.2) is 9.50 Å². The SMILES string of the molecule is CCN(CC1=CCCC=C1)C(=O)c1nn2c(C)ncc2s1. The molecule has 0 saturated heterocycles. The van der Waals surface area contributed by atoms with Gasteiger partial charge in [0.2, 0.25) is 5.01 Å². The summed E-state index contributed by atoms with van der Waals surface area (Å²) < 4.78 is 1.73. The number of likely N-dealkylation sites (N-methyl/N-ethyl adjacent to an activating group) is 1. The van der Waals surface area contributed by atoms with Crippen LogP contribution < -0.4 is 0 Å². The Hall–Kier alpha value is -1.95. The molecule has 0 atom stereocenters. The Kier molecular flexibility index (Phi) is 3.88.